The number of nitrogens with zero attached hydrogens (tertiary/aromatic N) is 1. The van der Waals surface area contributed by atoms with Crippen molar-refractivity contribution in [2.45, 2.75) is 75.8 Å². The number of amides is 3. The molecular weight excluding hydrogens is 558 g/mol. The number of carbonyl (C=O) groups is 3. The number of ether oxygens (including phenoxy) is 1. The molecule has 2 fully saturated rings. The quantitative estimate of drug-likeness (QED) is 0.373. The molecule has 5 rings (SSSR count). The maximum atomic E-state index is 13.8. The van der Waals surface area contributed by atoms with Gasteiger partial charge < -0.3 is 14.5 Å². The first-order valence-corrected chi connectivity index (χ1v) is 15.9. The zero-order valence-electron chi connectivity index (χ0n) is 24.1. The molecule has 2 aromatic carbocycles. The minimum atomic E-state index is -4.08. The topological polar surface area (TPSA) is 135 Å². The van der Waals surface area contributed by atoms with E-state index in [9.17, 15) is 22.8 Å². The average Bonchev–Trinajstić information content (AvgIpc) is 3.58. The van der Waals surface area contributed by atoms with E-state index >= 15 is 0 Å². The zero-order chi connectivity index (χ0) is 30.1. The Bertz CT molecular complexity index is 1570. The monoisotopic (exact) mass is 595 g/mol. The fraction of sp³-hybridized carbons (Fsp3) is 0.452. The molecule has 1 aromatic heterocycles. The number of anilines is 1. The number of carbonyl (C=O) groups excluding carboxylic acids is 3. The lowest BCUT2D eigenvalue weighted by Gasteiger charge is -2.34. The zero-order valence-corrected chi connectivity index (χ0v) is 24.9. The molecule has 11 heteroatoms. The van der Waals surface area contributed by atoms with E-state index in [0.29, 0.717) is 29.1 Å². The maximum absolute atomic E-state index is 13.8. The molecule has 2 N–H and O–H groups in total. The molecule has 224 valence electrons. The van der Waals surface area contributed by atoms with Crippen molar-refractivity contribution in [2.75, 3.05) is 11.9 Å². The van der Waals surface area contributed by atoms with E-state index in [-0.39, 0.29) is 22.5 Å². The number of fused-ring (bicyclic) bond motifs is 1. The Kier molecular flexibility index (Phi) is 8.32. The first-order valence-electron chi connectivity index (χ1n) is 14.4. The number of benzene rings is 2. The van der Waals surface area contributed by atoms with Crippen LogP contribution in [0.4, 0.5) is 10.5 Å². The van der Waals surface area contributed by atoms with Crippen LogP contribution in [0.2, 0.25) is 0 Å². The van der Waals surface area contributed by atoms with E-state index in [1.807, 2.05) is 4.72 Å². The smallest absolute Gasteiger partial charge is 0.410 e. The second kappa shape index (κ2) is 11.8. The van der Waals surface area contributed by atoms with Crippen LogP contribution in [-0.4, -0.2) is 49.4 Å². The fourth-order valence-electron chi connectivity index (χ4n) is 6.01. The van der Waals surface area contributed by atoms with Crippen molar-refractivity contribution in [1.82, 2.24) is 9.62 Å². The van der Waals surface area contributed by atoms with Gasteiger partial charge in [-0.1, -0.05) is 50.3 Å². The molecule has 0 unspecified atom stereocenters. The van der Waals surface area contributed by atoms with Crippen molar-refractivity contribution >= 4 is 44.6 Å². The van der Waals surface area contributed by atoms with Crippen LogP contribution in [0.1, 0.15) is 69.9 Å². The maximum Gasteiger partial charge on any atom is 0.410 e. The number of furan rings is 1. The lowest BCUT2D eigenvalue weighted by Crippen LogP contribution is -2.49. The molecule has 0 radical (unpaired) electrons. The summed E-state index contributed by atoms with van der Waals surface area (Å²) < 4.78 is 38.4. The van der Waals surface area contributed by atoms with Gasteiger partial charge >= 0.3 is 12.0 Å². The predicted molar refractivity (Wildman–Crippen MR) is 157 cm³/mol. The molecule has 3 amide bonds. The summed E-state index contributed by atoms with van der Waals surface area (Å²) >= 11 is 0. The van der Waals surface area contributed by atoms with Gasteiger partial charge in [-0.05, 0) is 75.4 Å². The van der Waals surface area contributed by atoms with Gasteiger partial charge in [-0.3, -0.25) is 14.5 Å². The van der Waals surface area contributed by atoms with Crippen molar-refractivity contribution in [3.63, 3.8) is 0 Å². The first-order chi connectivity index (χ1) is 19.9. The van der Waals surface area contributed by atoms with Gasteiger partial charge in [0.05, 0.1) is 4.90 Å². The number of likely N-dealkylation sites (tertiary alicyclic amines) is 1. The largest absolute Gasteiger partial charge is 0.451 e. The SMILES string of the molecule is CC(C)(C)OC(=O)N1CC[C@@H](C2CCCCC2)[C@H]1C(=O)Nc1ccc2oc(C(=O)NS(=O)(=O)c3ccccc3)cc2c1. The number of hydrogen-bond donors (Lipinski definition) is 2. The standard InChI is InChI=1S/C31H37N3O7S/c1-31(2,3)41-30(37)34-17-16-24(20-10-6-4-7-11-20)27(34)29(36)32-22-14-15-25-21(18-22)19-26(40-25)28(35)33-42(38,39)23-12-8-5-9-13-23/h5,8-9,12-15,18-20,24,27H,4,6-7,10-11,16-17H2,1-3H3,(H,32,36)(H,33,35)/t24-,27-/m0/s1. The number of sulfonamides is 1. The van der Waals surface area contributed by atoms with Gasteiger partial charge in [-0.25, -0.2) is 17.9 Å². The van der Waals surface area contributed by atoms with Gasteiger partial charge in [0.25, 0.3) is 10.0 Å². The molecular formula is C31H37N3O7S. The highest BCUT2D eigenvalue weighted by molar-refractivity contribution is 7.90. The van der Waals surface area contributed by atoms with Crippen molar-refractivity contribution < 1.29 is 32.0 Å². The minimum Gasteiger partial charge on any atom is -0.451 e. The average molecular weight is 596 g/mol. The van der Waals surface area contributed by atoms with Gasteiger partial charge in [0.1, 0.15) is 17.2 Å². The van der Waals surface area contributed by atoms with Crippen molar-refractivity contribution in [2.24, 2.45) is 11.8 Å². The van der Waals surface area contributed by atoms with Crippen LogP contribution in [0.3, 0.4) is 0 Å². The fourth-order valence-corrected chi connectivity index (χ4v) is 6.99. The van der Waals surface area contributed by atoms with E-state index in [2.05, 4.69) is 5.32 Å². The molecule has 0 bridgehead atoms. The van der Waals surface area contributed by atoms with E-state index < -0.39 is 33.7 Å². The van der Waals surface area contributed by atoms with Crippen LogP contribution >= 0.6 is 0 Å². The minimum absolute atomic E-state index is 0.0392. The second-order valence-corrected chi connectivity index (χ2v) is 13.8. The Morgan fingerprint density at radius 3 is 2.36 bits per heavy atom. The molecule has 3 aromatic rings. The van der Waals surface area contributed by atoms with Crippen molar-refractivity contribution in [3.8, 4) is 0 Å². The van der Waals surface area contributed by atoms with Gasteiger partial charge in [0.2, 0.25) is 5.91 Å². The molecule has 2 heterocycles. The van der Waals surface area contributed by atoms with Crippen LogP contribution < -0.4 is 10.0 Å². The number of nitrogens with one attached hydrogen (secondary N) is 2. The van der Waals surface area contributed by atoms with Crippen LogP contribution in [0.15, 0.2) is 63.9 Å². The summed E-state index contributed by atoms with van der Waals surface area (Å²) in [6.45, 7) is 5.88. The highest BCUT2D eigenvalue weighted by Crippen LogP contribution is 2.40. The number of rotatable bonds is 6. The molecule has 42 heavy (non-hydrogen) atoms. The third-order valence-electron chi connectivity index (χ3n) is 7.88. The molecule has 1 aliphatic heterocycles. The summed E-state index contributed by atoms with van der Waals surface area (Å²) in [7, 11) is -4.08. The van der Waals surface area contributed by atoms with Gasteiger partial charge in [0, 0.05) is 17.6 Å². The summed E-state index contributed by atoms with van der Waals surface area (Å²) in [4.78, 5) is 41.1. The van der Waals surface area contributed by atoms with Gasteiger partial charge in [0.15, 0.2) is 5.76 Å². The summed E-state index contributed by atoms with van der Waals surface area (Å²) in [6.07, 6.45) is 5.78. The summed E-state index contributed by atoms with van der Waals surface area (Å²) in [6, 6.07) is 13.2. The van der Waals surface area contributed by atoms with Crippen molar-refractivity contribution in [1.29, 1.82) is 0 Å². The van der Waals surface area contributed by atoms with Gasteiger partial charge in [-0.15, -0.1) is 0 Å². The van der Waals surface area contributed by atoms with Crippen molar-refractivity contribution in [3.05, 3.63) is 60.4 Å². The highest BCUT2D eigenvalue weighted by atomic mass is 32.2. The van der Waals surface area contributed by atoms with E-state index in [0.717, 1.165) is 32.1 Å². The summed E-state index contributed by atoms with van der Waals surface area (Å²) in [5.41, 5.74) is 0.139. The number of hydrogen-bond acceptors (Lipinski definition) is 7. The predicted octanol–water partition coefficient (Wildman–Crippen LogP) is 5.70. The molecule has 10 nitrogen and oxygen atoms in total. The van der Waals surface area contributed by atoms with Crippen LogP contribution in [0.25, 0.3) is 11.0 Å². The van der Waals surface area contributed by atoms with E-state index in [4.69, 9.17) is 9.15 Å². The van der Waals surface area contributed by atoms with Gasteiger partial charge in [-0.2, -0.15) is 0 Å². The van der Waals surface area contributed by atoms with E-state index in [1.54, 1.807) is 62.1 Å². The normalized spacial score (nSPS) is 19.9. The Hall–Kier alpha value is -3.86. The van der Waals surface area contributed by atoms with Crippen LogP contribution in [0.5, 0.6) is 0 Å². The van der Waals surface area contributed by atoms with E-state index in [1.165, 1.54) is 24.6 Å². The third-order valence-corrected chi connectivity index (χ3v) is 9.23. The molecule has 2 atom stereocenters. The summed E-state index contributed by atoms with van der Waals surface area (Å²) in [5.74, 6) is -0.972. The Labute approximate surface area is 245 Å². The molecule has 1 saturated heterocycles. The molecule has 2 aliphatic rings. The Morgan fingerprint density at radius 1 is 0.952 bits per heavy atom. The molecule has 0 spiro atoms. The summed E-state index contributed by atoms with van der Waals surface area (Å²) in [5, 5.41) is 3.47. The van der Waals surface area contributed by atoms with Crippen LogP contribution in [-0.2, 0) is 19.6 Å². The lowest BCUT2D eigenvalue weighted by atomic mass is 9.76. The Morgan fingerprint density at radius 2 is 1.67 bits per heavy atom. The second-order valence-electron chi connectivity index (χ2n) is 12.1. The molecule has 1 saturated carbocycles. The lowest BCUT2D eigenvalue weighted by molar-refractivity contribution is -0.122. The molecule has 1 aliphatic carbocycles. The Balaban J connectivity index is 1.34. The third kappa shape index (κ3) is 6.61. The van der Waals surface area contributed by atoms with Crippen LogP contribution in [0, 0.1) is 11.8 Å². The first kappa shape index (κ1) is 29.6. The highest BCUT2D eigenvalue weighted by Gasteiger charge is 2.46.